The second-order valence-electron chi connectivity index (χ2n) is 11.4. The summed E-state index contributed by atoms with van der Waals surface area (Å²) in [5.41, 5.74) is 1.71. The molecule has 2 unspecified atom stereocenters. The van der Waals surface area contributed by atoms with Crippen LogP contribution in [-0.2, 0) is 4.79 Å². The SMILES string of the molecule is C[C@]12CCC(=O)CC1CCC1[C@@H]2CC[C@@]2(C)[C@H]1CC[C@]2(C)C1CCC1. The van der Waals surface area contributed by atoms with Gasteiger partial charge < -0.3 is 0 Å². The van der Waals surface area contributed by atoms with Crippen molar-refractivity contribution in [1.29, 1.82) is 0 Å². The van der Waals surface area contributed by atoms with E-state index >= 15 is 0 Å². The van der Waals surface area contributed by atoms with Crippen LogP contribution in [0.2, 0.25) is 0 Å². The van der Waals surface area contributed by atoms with Gasteiger partial charge in [0.1, 0.15) is 5.78 Å². The van der Waals surface area contributed by atoms with E-state index < -0.39 is 0 Å². The predicted molar refractivity (Wildman–Crippen MR) is 102 cm³/mol. The van der Waals surface area contributed by atoms with E-state index in [1.807, 2.05) is 0 Å². The van der Waals surface area contributed by atoms with Gasteiger partial charge in [-0.3, -0.25) is 4.79 Å². The Bertz CT molecular complexity index is 577. The first-order chi connectivity index (χ1) is 11.9. The van der Waals surface area contributed by atoms with Crippen LogP contribution in [0.5, 0.6) is 0 Å². The van der Waals surface area contributed by atoms with Crippen LogP contribution in [0.1, 0.15) is 97.8 Å². The summed E-state index contributed by atoms with van der Waals surface area (Å²) >= 11 is 0. The van der Waals surface area contributed by atoms with E-state index in [1.54, 1.807) is 0 Å². The van der Waals surface area contributed by atoms with Crippen LogP contribution in [0.25, 0.3) is 0 Å². The van der Waals surface area contributed by atoms with Crippen LogP contribution >= 0.6 is 0 Å². The minimum atomic E-state index is 0.480. The van der Waals surface area contributed by atoms with Crippen LogP contribution in [0, 0.1) is 45.8 Å². The van der Waals surface area contributed by atoms with Gasteiger partial charge in [0.05, 0.1) is 0 Å². The summed E-state index contributed by atoms with van der Waals surface area (Å²) < 4.78 is 0. The molecule has 7 atom stereocenters. The average Bonchev–Trinajstić information content (AvgIpc) is 2.78. The smallest absolute Gasteiger partial charge is 0.133 e. The van der Waals surface area contributed by atoms with Crippen LogP contribution < -0.4 is 0 Å². The molecule has 0 aromatic carbocycles. The quantitative estimate of drug-likeness (QED) is 0.538. The monoisotopic (exact) mass is 342 g/mol. The molecule has 140 valence electrons. The van der Waals surface area contributed by atoms with E-state index in [9.17, 15) is 4.79 Å². The zero-order valence-electron chi connectivity index (χ0n) is 16.8. The molecule has 5 aliphatic carbocycles. The van der Waals surface area contributed by atoms with Gasteiger partial charge in [-0.2, -0.15) is 0 Å². The van der Waals surface area contributed by atoms with E-state index in [1.165, 1.54) is 64.2 Å². The van der Waals surface area contributed by atoms with Crippen molar-refractivity contribution in [2.24, 2.45) is 45.8 Å². The summed E-state index contributed by atoms with van der Waals surface area (Å²) in [6, 6.07) is 0. The molecule has 0 N–H and O–H groups in total. The fourth-order valence-corrected chi connectivity index (χ4v) is 9.06. The summed E-state index contributed by atoms with van der Waals surface area (Å²) in [4.78, 5) is 12.1. The molecule has 0 amide bonds. The third-order valence-corrected chi connectivity index (χ3v) is 11.2. The lowest BCUT2D eigenvalue weighted by atomic mass is 9.42. The second kappa shape index (κ2) is 5.35. The van der Waals surface area contributed by atoms with Gasteiger partial charge in [-0.15, -0.1) is 0 Å². The number of Topliss-reactive ketones (excluding diaryl/α,β-unsaturated/α-hetero) is 1. The molecule has 1 nitrogen and oxygen atoms in total. The highest BCUT2D eigenvalue weighted by molar-refractivity contribution is 5.79. The van der Waals surface area contributed by atoms with Crippen molar-refractivity contribution in [3.8, 4) is 0 Å². The zero-order chi connectivity index (χ0) is 17.4. The molecule has 0 radical (unpaired) electrons. The maximum Gasteiger partial charge on any atom is 0.133 e. The fourth-order valence-electron chi connectivity index (χ4n) is 9.06. The van der Waals surface area contributed by atoms with E-state index in [-0.39, 0.29) is 0 Å². The molecular formula is C24H38O. The molecule has 5 fully saturated rings. The molecule has 1 heteroatoms. The lowest BCUT2D eigenvalue weighted by Gasteiger charge is -2.63. The van der Waals surface area contributed by atoms with Crippen LogP contribution in [-0.4, -0.2) is 5.78 Å². The van der Waals surface area contributed by atoms with E-state index in [4.69, 9.17) is 0 Å². The Morgan fingerprint density at radius 3 is 2.20 bits per heavy atom. The molecule has 0 aliphatic heterocycles. The Labute approximate surface area is 154 Å². The van der Waals surface area contributed by atoms with Gasteiger partial charge in [0.25, 0.3) is 0 Å². The van der Waals surface area contributed by atoms with E-state index in [0.717, 1.165) is 36.5 Å². The van der Waals surface area contributed by atoms with Gasteiger partial charge in [-0.25, -0.2) is 0 Å². The van der Waals surface area contributed by atoms with Crippen molar-refractivity contribution < 1.29 is 4.79 Å². The summed E-state index contributed by atoms with van der Waals surface area (Å²) in [5.74, 6) is 5.15. The molecule has 25 heavy (non-hydrogen) atoms. The Kier molecular flexibility index (Phi) is 3.60. The number of hydrogen-bond acceptors (Lipinski definition) is 1. The topological polar surface area (TPSA) is 17.1 Å². The van der Waals surface area contributed by atoms with Crippen LogP contribution in [0.4, 0.5) is 0 Å². The summed E-state index contributed by atoms with van der Waals surface area (Å²) in [6.07, 6.45) is 16.2. The number of hydrogen-bond donors (Lipinski definition) is 0. The molecular weight excluding hydrogens is 304 g/mol. The molecule has 5 aliphatic rings. The average molecular weight is 343 g/mol. The Morgan fingerprint density at radius 1 is 0.760 bits per heavy atom. The highest BCUT2D eigenvalue weighted by Crippen LogP contribution is 2.73. The molecule has 0 aromatic rings. The molecule has 0 spiro atoms. The van der Waals surface area contributed by atoms with Gasteiger partial charge in [0, 0.05) is 12.8 Å². The predicted octanol–water partition coefficient (Wildman–Crippen LogP) is 6.40. The number of fused-ring (bicyclic) bond motifs is 5. The Morgan fingerprint density at radius 2 is 1.48 bits per heavy atom. The Balaban J connectivity index is 1.44. The number of carbonyl (C=O) groups is 1. The van der Waals surface area contributed by atoms with E-state index in [2.05, 4.69) is 20.8 Å². The molecule has 0 heterocycles. The lowest BCUT2D eigenvalue weighted by molar-refractivity contribution is -0.149. The van der Waals surface area contributed by atoms with Gasteiger partial charge in [0.15, 0.2) is 0 Å². The Hall–Kier alpha value is -0.330. The third-order valence-electron chi connectivity index (χ3n) is 11.2. The zero-order valence-corrected chi connectivity index (χ0v) is 16.8. The second-order valence-corrected chi connectivity index (χ2v) is 11.4. The van der Waals surface area contributed by atoms with Crippen molar-refractivity contribution in [3.05, 3.63) is 0 Å². The maximum atomic E-state index is 12.1. The summed E-state index contributed by atoms with van der Waals surface area (Å²) in [6.45, 7) is 7.98. The largest absolute Gasteiger partial charge is 0.300 e. The first-order valence-corrected chi connectivity index (χ1v) is 11.4. The summed E-state index contributed by atoms with van der Waals surface area (Å²) in [7, 11) is 0. The first kappa shape index (κ1) is 16.8. The minimum absolute atomic E-state index is 0.480. The summed E-state index contributed by atoms with van der Waals surface area (Å²) in [5, 5.41) is 0. The fraction of sp³-hybridized carbons (Fsp3) is 0.958. The number of rotatable bonds is 1. The standard InChI is InChI=1S/C24H38O/c1-22-12-9-18(25)15-17(22)7-8-19-20(22)10-14-24(3)21(19)11-13-23(24,2)16-5-4-6-16/h16-17,19-21H,4-15H2,1-3H3/t17?,19?,20-,21-,22-,23+,24-/m0/s1. The van der Waals surface area contributed by atoms with Crippen LogP contribution in [0.15, 0.2) is 0 Å². The number of ketones is 1. The normalized spacial score (nSPS) is 55.9. The lowest BCUT2D eigenvalue weighted by Crippen LogP contribution is -2.56. The van der Waals surface area contributed by atoms with Gasteiger partial charge in [-0.05, 0) is 104 Å². The molecule has 5 rings (SSSR count). The maximum absolute atomic E-state index is 12.1. The van der Waals surface area contributed by atoms with Crippen LogP contribution in [0.3, 0.4) is 0 Å². The van der Waals surface area contributed by atoms with Crippen molar-refractivity contribution >= 4 is 5.78 Å². The van der Waals surface area contributed by atoms with Gasteiger partial charge >= 0.3 is 0 Å². The highest BCUT2D eigenvalue weighted by Gasteiger charge is 2.65. The van der Waals surface area contributed by atoms with Crippen molar-refractivity contribution in [2.45, 2.75) is 97.8 Å². The van der Waals surface area contributed by atoms with Crippen molar-refractivity contribution in [2.75, 3.05) is 0 Å². The third kappa shape index (κ3) is 2.05. The van der Waals surface area contributed by atoms with Crippen molar-refractivity contribution in [1.82, 2.24) is 0 Å². The van der Waals surface area contributed by atoms with Gasteiger partial charge in [-0.1, -0.05) is 27.2 Å². The minimum Gasteiger partial charge on any atom is -0.300 e. The molecule has 0 aromatic heterocycles. The molecule has 0 saturated heterocycles. The molecule has 0 bridgehead atoms. The first-order valence-electron chi connectivity index (χ1n) is 11.4. The number of carbonyl (C=O) groups excluding carboxylic acids is 1. The molecule has 5 saturated carbocycles. The van der Waals surface area contributed by atoms with Crippen molar-refractivity contribution in [3.63, 3.8) is 0 Å². The van der Waals surface area contributed by atoms with Gasteiger partial charge in [0.2, 0.25) is 0 Å². The highest BCUT2D eigenvalue weighted by atomic mass is 16.1. The van der Waals surface area contributed by atoms with E-state index in [0.29, 0.717) is 27.9 Å².